The first-order valence-corrected chi connectivity index (χ1v) is 4.60. The number of anilines is 1. The Hall–Kier alpha value is -2.31. The number of methoxy groups -OCH3 is 1. The predicted molar refractivity (Wildman–Crippen MR) is 56.6 cm³/mol. The van der Waals surface area contributed by atoms with Crippen molar-refractivity contribution < 1.29 is 18.6 Å². The van der Waals surface area contributed by atoms with Crippen molar-refractivity contribution in [3.8, 4) is 22.6 Å². The fourth-order valence-corrected chi connectivity index (χ4v) is 1.48. The second kappa shape index (κ2) is 3.93. The molecule has 0 atom stereocenters. The molecular formula is C10H9F2N3O2. The van der Waals surface area contributed by atoms with Crippen LogP contribution in [0.3, 0.4) is 0 Å². The normalized spacial score (nSPS) is 10.5. The van der Waals surface area contributed by atoms with Crippen LogP contribution in [0.25, 0.3) is 11.1 Å². The molecular weight excluding hydrogens is 232 g/mol. The van der Waals surface area contributed by atoms with Gasteiger partial charge in [0.25, 0.3) is 0 Å². The van der Waals surface area contributed by atoms with Crippen LogP contribution in [0.15, 0.2) is 12.3 Å². The molecule has 7 heteroatoms. The van der Waals surface area contributed by atoms with Crippen molar-refractivity contribution in [2.75, 3.05) is 12.8 Å². The summed E-state index contributed by atoms with van der Waals surface area (Å²) >= 11 is 0. The monoisotopic (exact) mass is 241 g/mol. The van der Waals surface area contributed by atoms with Crippen molar-refractivity contribution in [1.82, 2.24) is 10.2 Å². The van der Waals surface area contributed by atoms with E-state index in [1.807, 2.05) is 0 Å². The highest BCUT2D eigenvalue weighted by Crippen LogP contribution is 2.38. The van der Waals surface area contributed by atoms with Gasteiger partial charge in [0, 0.05) is 11.6 Å². The number of phenols is 1. The summed E-state index contributed by atoms with van der Waals surface area (Å²) in [6.45, 7) is 0. The Bertz CT molecular complexity index is 569. The number of nitrogens with one attached hydrogen (secondary N) is 1. The Morgan fingerprint density at radius 1 is 1.41 bits per heavy atom. The third-order valence-electron chi connectivity index (χ3n) is 2.31. The number of H-pyrrole nitrogens is 1. The smallest absolute Gasteiger partial charge is 0.176 e. The molecule has 0 saturated carbocycles. The van der Waals surface area contributed by atoms with Crippen molar-refractivity contribution in [2.24, 2.45) is 0 Å². The van der Waals surface area contributed by atoms with Gasteiger partial charge in [0.1, 0.15) is 5.82 Å². The number of aromatic hydroxyl groups is 1. The molecule has 5 nitrogen and oxygen atoms in total. The number of nitrogen functional groups attached to an aromatic ring is 1. The van der Waals surface area contributed by atoms with Crippen molar-refractivity contribution in [3.63, 3.8) is 0 Å². The third kappa shape index (κ3) is 1.65. The second-order valence-corrected chi connectivity index (χ2v) is 3.30. The second-order valence-electron chi connectivity index (χ2n) is 3.30. The molecule has 2 aromatic rings. The van der Waals surface area contributed by atoms with Crippen molar-refractivity contribution in [1.29, 1.82) is 0 Å². The first kappa shape index (κ1) is 11.2. The minimum atomic E-state index is -1.11. The van der Waals surface area contributed by atoms with E-state index in [1.165, 1.54) is 7.11 Å². The van der Waals surface area contributed by atoms with Crippen LogP contribution >= 0.6 is 0 Å². The Kier molecular flexibility index (Phi) is 2.58. The van der Waals surface area contributed by atoms with E-state index in [0.717, 1.165) is 12.3 Å². The van der Waals surface area contributed by atoms with Crippen LogP contribution < -0.4 is 10.5 Å². The summed E-state index contributed by atoms with van der Waals surface area (Å²) in [5.41, 5.74) is 5.02. The maximum Gasteiger partial charge on any atom is 0.176 e. The molecule has 17 heavy (non-hydrogen) atoms. The summed E-state index contributed by atoms with van der Waals surface area (Å²) in [4.78, 5) is 0. The van der Waals surface area contributed by atoms with Gasteiger partial charge in [-0.15, -0.1) is 0 Å². The Balaban J connectivity index is 2.76. The van der Waals surface area contributed by atoms with Crippen molar-refractivity contribution in [3.05, 3.63) is 23.9 Å². The lowest BCUT2D eigenvalue weighted by atomic mass is 10.1. The fraction of sp³-hybridized carbons (Fsp3) is 0.100. The average Bonchev–Trinajstić information content (AvgIpc) is 2.71. The SMILES string of the molecule is COc1cc(O)c(F)c(-c2cn[nH]c2N)c1F. The quantitative estimate of drug-likeness (QED) is 0.746. The number of hydrogen-bond acceptors (Lipinski definition) is 4. The summed E-state index contributed by atoms with van der Waals surface area (Å²) in [5, 5.41) is 15.2. The van der Waals surface area contributed by atoms with E-state index in [-0.39, 0.29) is 17.1 Å². The molecule has 0 aliphatic heterocycles. The zero-order chi connectivity index (χ0) is 12.6. The van der Waals surface area contributed by atoms with E-state index < -0.39 is 22.9 Å². The summed E-state index contributed by atoms with van der Waals surface area (Å²) in [7, 11) is 1.21. The molecule has 1 aromatic carbocycles. The number of halogens is 2. The molecule has 0 radical (unpaired) electrons. The molecule has 90 valence electrons. The van der Waals surface area contributed by atoms with Crippen LogP contribution in [0.5, 0.6) is 11.5 Å². The van der Waals surface area contributed by atoms with E-state index in [4.69, 9.17) is 5.73 Å². The molecule has 0 spiro atoms. The molecule has 0 aliphatic carbocycles. The number of hydrogen-bond donors (Lipinski definition) is 3. The van der Waals surface area contributed by atoms with Crippen molar-refractivity contribution in [2.45, 2.75) is 0 Å². The number of aromatic nitrogens is 2. The number of aromatic amines is 1. The van der Waals surface area contributed by atoms with Gasteiger partial charge < -0.3 is 15.6 Å². The zero-order valence-electron chi connectivity index (χ0n) is 8.79. The van der Waals surface area contributed by atoms with Gasteiger partial charge in [0.15, 0.2) is 23.1 Å². The van der Waals surface area contributed by atoms with Crippen LogP contribution in [0, 0.1) is 11.6 Å². The van der Waals surface area contributed by atoms with Gasteiger partial charge in [-0.2, -0.15) is 5.10 Å². The van der Waals surface area contributed by atoms with Gasteiger partial charge in [-0.05, 0) is 0 Å². The number of rotatable bonds is 2. The standard InChI is InChI=1S/C10H9F2N3O2/c1-17-6-2-5(16)8(11)7(9(6)12)4-3-14-15-10(4)13/h2-3,16H,1H3,(H3,13,14,15). The lowest BCUT2D eigenvalue weighted by molar-refractivity contribution is 0.372. The van der Waals surface area contributed by atoms with Gasteiger partial charge in [0.05, 0.1) is 18.9 Å². The number of benzene rings is 1. The summed E-state index contributed by atoms with van der Waals surface area (Å²) in [6, 6.07) is 0.852. The summed E-state index contributed by atoms with van der Waals surface area (Å²) < 4.78 is 32.2. The molecule has 0 aliphatic rings. The van der Waals surface area contributed by atoms with E-state index in [0.29, 0.717) is 0 Å². The topological polar surface area (TPSA) is 84.2 Å². The molecule has 0 amide bonds. The third-order valence-corrected chi connectivity index (χ3v) is 2.31. The van der Waals surface area contributed by atoms with Gasteiger partial charge in [0.2, 0.25) is 0 Å². The van der Waals surface area contributed by atoms with Crippen LogP contribution in [0.1, 0.15) is 0 Å². The van der Waals surface area contributed by atoms with Crippen molar-refractivity contribution >= 4 is 5.82 Å². The van der Waals surface area contributed by atoms with Crippen LogP contribution in [-0.2, 0) is 0 Å². The summed E-state index contributed by atoms with van der Waals surface area (Å²) in [6.07, 6.45) is 1.16. The Morgan fingerprint density at radius 2 is 2.12 bits per heavy atom. The molecule has 0 saturated heterocycles. The Morgan fingerprint density at radius 3 is 2.65 bits per heavy atom. The highest BCUT2D eigenvalue weighted by molar-refractivity contribution is 5.76. The van der Waals surface area contributed by atoms with E-state index >= 15 is 0 Å². The zero-order valence-corrected chi connectivity index (χ0v) is 8.79. The van der Waals surface area contributed by atoms with Gasteiger partial charge in [-0.1, -0.05) is 0 Å². The number of ether oxygens (including phenoxy) is 1. The van der Waals surface area contributed by atoms with Gasteiger partial charge >= 0.3 is 0 Å². The number of phenolic OH excluding ortho intramolecular Hbond substituents is 1. The highest BCUT2D eigenvalue weighted by atomic mass is 19.1. The molecule has 4 N–H and O–H groups in total. The number of nitrogens with zero attached hydrogens (tertiary/aromatic N) is 1. The lowest BCUT2D eigenvalue weighted by Crippen LogP contribution is -1.97. The van der Waals surface area contributed by atoms with E-state index in [9.17, 15) is 13.9 Å². The van der Waals surface area contributed by atoms with Crippen LogP contribution in [0.2, 0.25) is 0 Å². The van der Waals surface area contributed by atoms with Gasteiger partial charge in [-0.3, -0.25) is 5.10 Å². The van der Waals surface area contributed by atoms with E-state index in [2.05, 4.69) is 14.9 Å². The van der Waals surface area contributed by atoms with E-state index in [1.54, 1.807) is 0 Å². The maximum atomic E-state index is 13.9. The minimum absolute atomic E-state index is 0.00421. The molecule has 1 aromatic heterocycles. The molecule has 2 rings (SSSR count). The maximum absolute atomic E-state index is 13.9. The molecule has 0 bridgehead atoms. The van der Waals surface area contributed by atoms with Gasteiger partial charge in [-0.25, -0.2) is 8.78 Å². The lowest BCUT2D eigenvalue weighted by Gasteiger charge is -2.09. The largest absolute Gasteiger partial charge is 0.505 e. The highest BCUT2D eigenvalue weighted by Gasteiger charge is 2.22. The average molecular weight is 241 g/mol. The molecule has 1 heterocycles. The summed E-state index contributed by atoms with van der Waals surface area (Å²) in [5.74, 6) is -3.07. The first-order valence-electron chi connectivity index (χ1n) is 4.60. The Labute approximate surface area is 94.8 Å². The number of nitrogens with two attached hydrogens (primary N) is 1. The van der Waals surface area contributed by atoms with Crippen LogP contribution in [-0.4, -0.2) is 22.4 Å². The minimum Gasteiger partial charge on any atom is -0.505 e. The van der Waals surface area contributed by atoms with Crippen LogP contribution in [0.4, 0.5) is 14.6 Å². The molecule has 0 fully saturated rings. The first-order chi connectivity index (χ1) is 8.06. The molecule has 0 unspecified atom stereocenters. The fourth-order valence-electron chi connectivity index (χ4n) is 1.48. The predicted octanol–water partition coefficient (Wildman–Crippen LogP) is 1.65.